The van der Waals surface area contributed by atoms with Gasteiger partial charge in [0.15, 0.2) is 0 Å². The molecule has 6 nitrogen and oxygen atoms in total. The fourth-order valence-corrected chi connectivity index (χ4v) is 6.90. The highest BCUT2D eigenvalue weighted by atomic mass is 16.5. The van der Waals surface area contributed by atoms with Crippen molar-refractivity contribution in [3.05, 3.63) is 24.3 Å². The van der Waals surface area contributed by atoms with Crippen molar-refractivity contribution in [1.82, 2.24) is 5.32 Å². The number of carbonyl (C=O) groups excluding carboxylic acids is 2. The molecule has 0 radical (unpaired) electrons. The number of aliphatic hydroxyl groups is 2. The molecule has 312 valence electrons. The van der Waals surface area contributed by atoms with Crippen molar-refractivity contribution in [1.29, 1.82) is 0 Å². The Balaban J connectivity index is 3.47. The molecule has 0 aliphatic rings. The second kappa shape index (κ2) is 43.1. The third kappa shape index (κ3) is 39.8. The van der Waals surface area contributed by atoms with Crippen LogP contribution in [0.15, 0.2) is 24.3 Å². The van der Waals surface area contributed by atoms with E-state index < -0.39 is 12.1 Å². The van der Waals surface area contributed by atoms with E-state index in [0.717, 1.165) is 64.2 Å². The summed E-state index contributed by atoms with van der Waals surface area (Å²) in [5.41, 5.74) is 0. The maximum atomic E-state index is 12.4. The molecule has 0 aromatic rings. The van der Waals surface area contributed by atoms with Gasteiger partial charge in [0, 0.05) is 12.8 Å². The van der Waals surface area contributed by atoms with Gasteiger partial charge >= 0.3 is 5.97 Å². The molecule has 0 rings (SSSR count). The number of carbonyl (C=O) groups is 2. The fraction of sp³-hybridized carbons (Fsp3) is 0.872. The van der Waals surface area contributed by atoms with Crippen molar-refractivity contribution in [2.45, 2.75) is 251 Å². The number of rotatable bonds is 42. The summed E-state index contributed by atoms with van der Waals surface area (Å²) in [6.07, 6.45) is 48.5. The average Bonchev–Trinajstić information content (AvgIpc) is 3.16. The predicted molar refractivity (Wildman–Crippen MR) is 227 cm³/mol. The summed E-state index contributed by atoms with van der Waals surface area (Å²) < 4.78 is 5.44. The van der Waals surface area contributed by atoms with E-state index in [0.29, 0.717) is 25.9 Å². The number of nitrogens with one attached hydrogen (secondary N) is 1. The fourth-order valence-electron chi connectivity index (χ4n) is 6.90. The molecule has 0 saturated carbocycles. The lowest BCUT2D eigenvalue weighted by Crippen LogP contribution is -2.45. The minimum Gasteiger partial charge on any atom is -0.466 e. The van der Waals surface area contributed by atoms with Crippen molar-refractivity contribution >= 4 is 11.9 Å². The molecule has 0 aromatic heterocycles. The standard InChI is InChI=1S/C47H89NO5/c1-3-5-7-9-11-13-14-15-16-17-18-19-20-21-25-29-33-37-41-47(52)53-42-38-34-30-26-22-24-28-32-36-40-46(51)48-44(43-49)45(50)39-35-31-27-23-12-10-8-6-4-2/h13-14,16-17,44-45,49-50H,3-12,15,18-43H2,1-2H3,(H,48,51)/b14-13-,17-16-. The van der Waals surface area contributed by atoms with E-state index in [2.05, 4.69) is 43.5 Å². The van der Waals surface area contributed by atoms with Gasteiger partial charge < -0.3 is 20.3 Å². The molecule has 0 aliphatic heterocycles. The zero-order chi connectivity index (χ0) is 38.7. The van der Waals surface area contributed by atoms with E-state index in [4.69, 9.17) is 4.74 Å². The molecule has 0 spiro atoms. The van der Waals surface area contributed by atoms with Crippen LogP contribution in [0.1, 0.15) is 239 Å². The first-order valence-electron chi connectivity index (χ1n) is 23.1. The first-order chi connectivity index (χ1) is 26.0. The lowest BCUT2D eigenvalue weighted by molar-refractivity contribution is -0.143. The van der Waals surface area contributed by atoms with Gasteiger partial charge in [0.1, 0.15) is 0 Å². The van der Waals surface area contributed by atoms with Crippen LogP contribution in [0.25, 0.3) is 0 Å². The zero-order valence-corrected chi connectivity index (χ0v) is 35.2. The van der Waals surface area contributed by atoms with Gasteiger partial charge in [-0.1, -0.05) is 192 Å². The molecular weight excluding hydrogens is 659 g/mol. The summed E-state index contributed by atoms with van der Waals surface area (Å²) in [7, 11) is 0. The van der Waals surface area contributed by atoms with Crippen LogP contribution >= 0.6 is 0 Å². The Labute approximate surface area is 329 Å². The number of aliphatic hydroxyl groups excluding tert-OH is 2. The Morgan fingerprint density at radius 1 is 0.528 bits per heavy atom. The maximum Gasteiger partial charge on any atom is 0.305 e. The van der Waals surface area contributed by atoms with Gasteiger partial charge in [-0.3, -0.25) is 9.59 Å². The minimum atomic E-state index is -0.679. The molecule has 0 aliphatic carbocycles. The van der Waals surface area contributed by atoms with Crippen molar-refractivity contribution in [3.63, 3.8) is 0 Å². The van der Waals surface area contributed by atoms with Gasteiger partial charge in [-0.05, 0) is 57.8 Å². The Bertz CT molecular complexity index is 828. The third-order valence-corrected chi connectivity index (χ3v) is 10.5. The Hall–Kier alpha value is -1.66. The van der Waals surface area contributed by atoms with E-state index >= 15 is 0 Å². The van der Waals surface area contributed by atoms with Crippen molar-refractivity contribution in [3.8, 4) is 0 Å². The van der Waals surface area contributed by atoms with Crippen LogP contribution in [0.4, 0.5) is 0 Å². The topological polar surface area (TPSA) is 95.9 Å². The summed E-state index contributed by atoms with van der Waals surface area (Å²) >= 11 is 0. The number of hydrogen-bond acceptors (Lipinski definition) is 5. The molecular formula is C47H89NO5. The van der Waals surface area contributed by atoms with Gasteiger partial charge in [0.25, 0.3) is 0 Å². The molecule has 1 amide bonds. The Morgan fingerprint density at radius 3 is 1.45 bits per heavy atom. The Kier molecular flexibility index (Phi) is 41.7. The monoisotopic (exact) mass is 748 g/mol. The highest BCUT2D eigenvalue weighted by Gasteiger charge is 2.20. The van der Waals surface area contributed by atoms with Crippen LogP contribution in [-0.2, 0) is 14.3 Å². The average molecular weight is 748 g/mol. The van der Waals surface area contributed by atoms with Crippen LogP contribution in [-0.4, -0.2) is 47.4 Å². The smallest absolute Gasteiger partial charge is 0.305 e. The summed E-state index contributed by atoms with van der Waals surface area (Å²) in [4.78, 5) is 24.4. The second-order valence-corrected chi connectivity index (χ2v) is 15.7. The maximum absolute atomic E-state index is 12.4. The van der Waals surface area contributed by atoms with Crippen LogP contribution in [0, 0.1) is 0 Å². The van der Waals surface area contributed by atoms with Crippen LogP contribution in [0.2, 0.25) is 0 Å². The molecule has 2 atom stereocenters. The molecule has 2 unspecified atom stereocenters. The first-order valence-corrected chi connectivity index (χ1v) is 23.1. The van der Waals surface area contributed by atoms with Gasteiger partial charge in [-0.15, -0.1) is 0 Å². The number of hydrogen-bond donors (Lipinski definition) is 3. The molecule has 0 aromatic carbocycles. The summed E-state index contributed by atoms with van der Waals surface area (Å²) in [5, 5.41) is 23.0. The lowest BCUT2D eigenvalue weighted by Gasteiger charge is -2.22. The Morgan fingerprint density at radius 2 is 0.943 bits per heavy atom. The van der Waals surface area contributed by atoms with E-state index in [-0.39, 0.29) is 18.5 Å². The van der Waals surface area contributed by atoms with Crippen LogP contribution in [0.5, 0.6) is 0 Å². The molecule has 6 heteroatoms. The van der Waals surface area contributed by atoms with Crippen molar-refractivity contribution in [2.75, 3.05) is 13.2 Å². The third-order valence-electron chi connectivity index (χ3n) is 10.5. The summed E-state index contributed by atoms with van der Waals surface area (Å²) in [6.45, 7) is 4.84. The summed E-state index contributed by atoms with van der Waals surface area (Å²) in [6, 6.07) is -0.560. The van der Waals surface area contributed by atoms with Gasteiger partial charge in [0.05, 0.1) is 25.4 Å². The number of allylic oxidation sites excluding steroid dienone is 4. The molecule has 0 heterocycles. The lowest BCUT2D eigenvalue weighted by atomic mass is 10.0. The van der Waals surface area contributed by atoms with Gasteiger partial charge in [-0.25, -0.2) is 0 Å². The molecule has 0 saturated heterocycles. The van der Waals surface area contributed by atoms with E-state index in [1.165, 1.54) is 141 Å². The quantitative estimate of drug-likeness (QED) is 0.0328. The molecule has 53 heavy (non-hydrogen) atoms. The van der Waals surface area contributed by atoms with Gasteiger partial charge in [0.2, 0.25) is 5.91 Å². The minimum absolute atomic E-state index is 0.0334. The normalized spacial score (nSPS) is 12.9. The van der Waals surface area contributed by atoms with Gasteiger partial charge in [-0.2, -0.15) is 0 Å². The number of ether oxygens (including phenoxy) is 1. The number of esters is 1. The molecule has 3 N–H and O–H groups in total. The predicted octanol–water partition coefficient (Wildman–Crippen LogP) is 13.2. The highest BCUT2D eigenvalue weighted by Crippen LogP contribution is 2.15. The SMILES string of the molecule is CCCCCC/C=C\C/C=C\CCCCCCCCCC(=O)OCCCCCCCCCCCC(=O)NC(CO)C(O)CCCCCCCCCCC. The zero-order valence-electron chi connectivity index (χ0n) is 35.2. The summed E-state index contributed by atoms with van der Waals surface area (Å²) in [5.74, 6) is -0.1000. The van der Waals surface area contributed by atoms with Crippen LogP contribution in [0.3, 0.4) is 0 Å². The second-order valence-electron chi connectivity index (χ2n) is 15.7. The van der Waals surface area contributed by atoms with E-state index in [1.54, 1.807) is 0 Å². The molecule has 0 fully saturated rings. The largest absolute Gasteiger partial charge is 0.466 e. The number of amides is 1. The van der Waals surface area contributed by atoms with Crippen molar-refractivity contribution < 1.29 is 24.5 Å². The highest BCUT2D eigenvalue weighted by molar-refractivity contribution is 5.76. The first kappa shape index (κ1) is 51.3. The number of unbranched alkanes of at least 4 members (excludes halogenated alkanes) is 27. The van der Waals surface area contributed by atoms with Crippen LogP contribution < -0.4 is 5.32 Å². The van der Waals surface area contributed by atoms with E-state index in [1.807, 2.05) is 0 Å². The molecule has 0 bridgehead atoms. The van der Waals surface area contributed by atoms with Crippen molar-refractivity contribution in [2.24, 2.45) is 0 Å². The van der Waals surface area contributed by atoms with E-state index in [9.17, 15) is 19.8 Å².